The van der Waals surface area contributed by atoms with Crippen molar-refractivity contribution >= 4 is 15.9 Å². The Kier molecular flexibility index (Phi) is 3.83. The Morgan fingerprint density at radius 3 is 1.94 bits per heavy atom. The molecule has 0 heterocycles. The lowest BCUT2D eigenvalue weighted by Crippen LogP contribution is -2.39. The predicted octanol–water partition coefficient (Wildman–Crippen LogP) is 0.700. The van der Waals surface area contributed by atoms with Crippen molar-refractivity contribution in [1.29, 1.82) is 0 Å². The van der Waals surface area contributed by atoms with Crippen LogP contribution in [-0.4, -0.2) is 33.3 Å². The van der Waals surface area contributed by atoms with E-state index in [1.165, 1.54) is 17.0 Å². The Morgan fingerprint density at radius 1 is 1.17 bits per heavy atom. The summed E-state index contributed by atoms with van der Waals surface area (Å²) in [6, 6.07) is 6.05. The Bertz CT molecular complexity index is 545. The zero-order chi connectivity index (χ0) is 14.1. The average molecular weight is 270 g/mol. The highest BCUT2D eigenvalue weighted by molar-refractivity contribution is 7.89. The van der Waals surface area contributed by atoms with Gasteiger partial charge in [0, 0.05) is 14.1 Å². The highest BCUT2D eigenvalue weighted by Gasteiger charge is 2.31. The minimum Gasteiger partial charge on any atom is -0.348 e. The topological polar surface area (TPSA) is 80.5 Å². The molecule has 0 aliphatic carbocycles. The van der Waals surface area contributed by atoms with E-state index in [9.17, 15) is 13.2 Å². The summed E-state index contributed by atoms with van der Waals surface area (Å²) in [5, 5.41) is 5.02. The lowest BCUT2D eigenvalue weighted by Gasteiger charge is -2.27. The summed E-state index contributed by atoms with van der Waals surface area (Å²) in [6.07, 6.45) is 0. The monoisotopic (exact) mass is 270 g/mol. The second-order valence-electron chi connectivity index (χ2n) is 4.89. The number of nitrogens with two attached hydrogens (primary N) is 1. The first-order chi connectivity index (χ1) is 8.06. The minimum atomic E-state index is -3.70. The maximum atomic E-state index is 12.0. The molecule has 0 aliphatic rings. The quantitative estimate of drug-likeness (QED) is 0.878. The molecule has 0 spiro atoms. The SMILES string of the molecule is CN(C)C(=O)C(C)(C)c1ccc(S(N)(=O)=O)cc1. The molecule has 0 aliphatic heterocycles. The first-order valence-electron chi connectivity index (χ1n) is 5.42. The summed E-state index contributed by atoms with van der Waals surface area (Å²) in [4.78, 5) is 13.6. The average Bonchev–Trinajstić information content (AvgIpc) is 2.26. The van der Waals surface area contributed by atoms with Gasteiger partial charge in [-0.1, -0.05) is 12.1 Å². The molecule has 0 bridgehead atoms. The molecule has 0 fully saturated rings. The van der Waals surface area contributed by atoms with Crippen LogP contribution in [0.25, 0.3) is 0 Å². The standard InChI is InChI=1S/C12H18N2O3S/c1-12(2,11(15)14(3)4)9-5-7-10(8-6-9)18(13,16)17/h5-8H,1-4H3,(H2,13,16,17). The molecule has 100 valence electrons. The normalized spacial score (nSPS) is 12.3. The molecule has 0 saturated heterocycles. The third-order valence-corrected chi connectivity index (χ3v) is 3.77. The third-order valence-electron chi connectivity index (χ3n) is 2.85. The van der Waals surface area contributed by atoms with Crippen molar-refractivity contribution in [2.24, 2.45) is 5.14 Å². The van der Waals surface area contributed by atoms with Gasteiger partial charge in [0.05, 0.1) is 10.3 Å². The largest absolute Gasteiger partial charge is 0.348 e. The molecule has 6 heteroatoms. The van der Waals surface area contributed by atoms with E-state index in [4.69, 9.17) is 5.14 Å². The first-order valence-corrected chi connectivity index (χ1v) is 6.96. The van der Waals surface area contributed by atoms with Crippen LogP contribution in [0.3, 0.4) is 0 Å². The van der Waals surface area contributed by atoms with Crippen LogP contribution in [0.1, 0.15) is 19.4 Å². The van der Waals surface area contributed by atoms with E-state index in [0.717, 1.165) is 5.56 Å². The van der Waals surface area contributed by atoms with Crippen molar-refractivity contribution in [3.8, 4) is 0 Å². The van der Waals surface area contributed by atoms with Crippen molar-refractivity contribution < 1.29 is 13.2 Å². The van der Waals surface area contributed by atoms with Gasteiger partial charge >= 0.3 is 0 Å². The summed E-state index contributed by atoms with van der Waals surface area (Å²) in [5.74, 6) is -0.0501. The third kappa shape index (κ3) is 2.88. The van der Waals surface area contributed by atoms with Crippen molar-refractivity contribution in [3.63, 3.8) is 0 Å². The van der Waals surface area contributed by atoms with Gasteiger partial charge in [0.1, 0.15) is 0 Å². The van der Waals surface area contributed by atoms with Gasteiger partial charge in [-0.15, -0.1) is 0 Å². The van der Waals surface area contributed by atoms with Crippen LogP contribution in [0.15, 0.2) is 29.2 Å². The molecule has 18 heavy (non-hydrogen) atoms. The number of benzene rings is 1. The molecule has 1 aromatic carbocycles. The lowest BCUT2D eigenvalue weighted by atomic mass is 9.83. The number of primary sulfonamides is 1. The van der Waals surface area contributed by atoms with Crippen LogP contribution in [0, 0.1) is 0 Å². The smallest absolute Gasteiger partial charge is 0.238 e. The molecule has 1 aromatic rings. The fourth-order valence-corrected chi connectivity index (χ4v) is 2.26. The van der Waals surface area contributed by atoms with Crippen molar-refractivity contribution in [3.05, 3.63) is 29.8 Å². The van der Waals surface area contributed by atoms with E-state index < -0.39 is 15.4 Å². The van der Waals surface area contributed by atoms with Crippen molar-refractivity contribution in [1.82, 2.24) is 4.90 Å². The number of carbonyl (C=O) groups is 1. The summed E-state index contributed by atoms with van der Waals surface area (Å²) in [5.41, 5.74) is 0.0361. The number of rotatable bonds is 3. The summed E-state index contributed by atoms with van der Waals surface area (Å²) in [7, 11) is -0.330. The number of carbonyl (C=O) groups excluding carboxylic acids is 1. The van der Waals surface area contributed by atoms with Crippen molar-refractivity contribution in [2.75, 3.05) is 14.1 Å². The predicted molar refractivity (Wildman–Crippen MR) is 69.5 cm³/mol. The van der Waals surface area contributed by atoms with E-state index in [1.54, 1.807) is 40.1 Å². The molecule has 1 rings (SSSR count). The van der Waals surface area contributed by atoms with E-state index in [2.05, 4.69) is 0 Å². The number of sulfonamides is 1. The van der Waals surface area contributed by atoms with Crippen LogP contribution in [0.5, 0.6) is 0 Å². The number of hydrogen-bond donors (Lipinski definition) is 1. The fraction of sp³-hybridized carbons (Fsp3) is 0.417. The number of hydrogen-bond acceptors (Lipinski definition) is 3. The molecule has 0 aromatic heterocycles. The van der Waals surface area contributed by atoms with Gasteiger partial charge in [-0.2, -0.15) is 0 Å². The van der Waals surface area contributed by atoms with Crippen molar-refractivity contribution in [2.45, 2.75) is 24.2 Å². The lowest BCUT2D eigenvalue weighted by molar-refractivity contribution is -0.133. The van der Waals surface area contributed by atoms with Crippen LogP contribution in [-0.2, 0) is 20.2 Å². The Labute approximate surface area is 108 Å². The molecule has 1 amide bonds. The second kappa shape index (κ2) is 4.70. The van der Waals surface area contributed by atoms with Gasteiger partial charge in [-0.3, -0.25) is 4.79 Å². The highest BCUT2D eigenvalue weighted by Crippen LogP contribution is 2.25. The Morgan fingerprint density at radius 2 is 1.61 bits per heavy atom. The molecular formula is C12H18N2O3S. The molecule has 0 radical (unpaired) electrons. The van der Waals surface area contributed by atoms with Crippen LogP contribution in [0.4, 0.5) is 0 Å². The molecule has 2 N–H and O–H groups in total. The van der Waals surface area contributed by atoms with Gasteiger partial charge in [0.15, 0.2) is 0 Å². The number of amides is 1. The van der Waals surface area contributed by atoms with Gasteiger partial charge < -0.3 is 4.90 Å². The second-order valence-corrected chi connectivity index (χ2v) is 6.46. The van der Waals surface area contributed by atoms with Crippen LogP contribution < -0.4 is 5.14 Å². The van der Waals surface area contributed by atoms with Gasteiger partial charge in [0.25, 0.3) is 0 Å². The zero-order valence-corrected chi connectivity index (χ0v) is 11.8. The van der Waals surface area contributed by atoms with Gasteiger partial charge in [0.2, 0.25) is 15.9 Å². The highest BCUT2D eigenvalue weighted by atomic mass is 32.2. The minimum absolute atomic E-state index is 0.0411. The molecule has 0 saturated carbocycles. The van der Waals surface area contributed by atoms with E-state index in [0.29, 0.717) is 0 Å². The molecule has 0 atom stereocenters. The first kappa shape index (κ1) is 14.7. The van der Waals surface area contributed by atoms with Gasteiger partial charge in [-0.25, -0.2) is 13.6 Å². The van der Waals surface area contributed by atoms with Gasteiger partial charge in [-0.05, 0) is 31.5 Å². The summed E-state index contributed by atoms with van der Waals surface area (Å²) in [6.45, 7) is 3.59. The maximum absolute atomic E-state index is 12.0. The molecular weight excluding hydrogens is 252 g/mol. The zero-order valence-electron chi connectivity index (χ0n) is 11.0. The van der Waals surface area contributed by atoms with E-state index in [-0.39, 0.29) is 10.8 Å². The molecule has 5 nitrogen and oxygen atoms in total. The molecule has 0 unspecified atom stereocenters. The number of likely N-dealkylation sites (N-methyl/N-ethyl adjacent to an activating group) is 1. The Hall–Kier alpha value is -1.40. The Balaban J connectivity index is 3.17. The fourth-order valence-electron chi connectivity index (χ4n) is 1.74. The van der Waals surface area contributed by atoms with Crippen LogP contribution >= 0.6 is 0 Å². The summed E-state index contributed by atoms with van der Waals surface area (Å²) < 4.78 is 22.3. The summed E-state index contributed by atoms with van der Waals surface area (Å²) >= 11 is 0. The maximum Gasteiger partial charge on any atom is 0.238 e. The van der Waals surface area contributed by atoms with Crippen LogP contribution in [0.2, 0.25) is 0 Å². The number of nitrogens with zero attached hydrogens (tertiary/aromatic N) is 1. The van der Waals surface area contributed by atoms with E-state index in [1.807, 2.05) is 0 Å². The van der Waals surface area contributed by atoms with E-state index >= 15 is 0 Å².